The zero-order chi connectivity index (χ0) is 16.8. The van der Waals surface area contributed by atoms with Crippen LogP contribution < -0.4 is 14.8 Å². The Morgan fingerprint density at radius 3 is 2.43 bits per heavy atom. The summed E-state index contributed by atoms with van der Waals surface area (Å²) in [5.41, 5.74) is 0.210. The molecule has 7 heteroatoms. The minimum Gasteiger partial charge on any atom is -0.493 e. The Bertz CT molecular complexity index is 710. The topological polar surface area (TPSA) is 47.6 Å². The number of hydrogen-bond acceptors (Lipinski definition) is 4. The predicted molar refractivity (Wildman–Crippen MR) is 85.3 cm³/mol. The van der Waals surface area contributed by atoms with E-state index < -0.39 is 11.6 Å². The second kappa shape index (κ2) is 7.82. The number of amides is 1. The molecule has 2 aromatic rings. The Kier molecular flexibility index (Phi) is 5.81. The summed E-state index contributed by atoms with van der Waals surface area (Å²) < 4.78 is 36.2. The van der Waals surface area contributed by atoms with E-state index in [0.717, 1.165) is 17.0 Å². The molecular weight excluding hydrogens is 324 g/mol. The average Bonchev–Trinajstić information content (AvgIpc) is 2.56. The fourth-order valence-electron chi connectivity index (χ4n) is 1.83. The molecule has 0 heterocycles. The van der Waals surface area contributed by atoms with E-state index in [9.17, 15) is 13.6 Å². The number of halogens is 2. The van der Waals surface area contributed by atoms with Crippen LogP contribution in [-0.2, 0) is 4.79 Å². The third-order valence-electron chi connectivity index (χ3n) is 2.93. The maximum Gasteiger partial charge on any atom is 0.234 e. The number of methoxy groups -OCH3 is 2. The molecule has 4 nitrogen and oxygen atoms in total. The van der Waals surface area contributed by atoms with Gasteiger partial charge in [-0.25, -0.2) is 8.78 Å². The van der Waals surface area contributed by atoms with Crippen LogP contribution in [0.4, 0.5) is 14.5 Å². The van der Waals surface area contributed by atoms with Crippen molar-refractivity contribution in [1.82, 2.24) is 0 Å². The van der Waals surface area contributed by atoms with E-state index in [1.807, 2.05) is 0 Å². The quantitative estimate of drug-likeness (QED) is 0.815. The van der Waals surface area contributed by atoms with E-state index in [1.54, 1.807) is 25.3 Å². The fraction of sp³-hybridized carbons (Fsp3) is 0.188. The SMILES string of the molecule is COc1ccc(SCC(=O)Nc2ccc(F)c(F)c2)cc1OC. The lowest BCUT2D eigenvalue weighted by Gasteiger charge is -2.09. The third kappa shape index (κ3) is 4.59. The maximum absolute atomic E-state index is 13.1. The molecule has 0 unspecified atom stereocenters. The molecule has 2 aromatic carbocycles. The summed E-state index contributed by atoms with van der Waals surface area (Å²) in [5.74, 6) is -0.996. The van der Waals surface area contributed by atoms with Crippen molar-refractivity contribution in [3.63, 3.8) is 0 Å². The highest BCUT2D eigenvalue weighted by Gasteiger charge is 2.09. The Morgan fingerprint density at radius 1 is 1.04 bits per heavy atom. The van der Waals surface area contributed by atoms with Gasteiger partial charge in [0.1, 0.15) is 0 Å². The first-order valence-electron chi connectivity index (χ1n) is 6.63. The van der Waals surface area contributed by atoms with Gasteiger partial charge < -0.3 is 14.8 Å². The highest BCUT2D eigenvalue weighted by molar-refractivity contribution is 8.00. The molecule has 122 valence electrons. The minimum atomic E-state index is -1.00. The van der Waals surface area contributed by atoms with Crippen molar-refractivity contribution < 1.29 is 23.0 Å². The highest BCUT2D eigenvalue weighted by Crippen LogP contribution is 2.31. The van der Waals surface area contributed by atoms with E-state index in [0.29, 0.717) is 11.5 Å². The molecular formula is C16H15F2NO3S. The monoisotopic (exact) mass is 339 g/mol. The van der Waals surface area contributed by atoms with Gasteiger partial charge in [-0.1, -0.05) is 0 Å². The molecule has 0 aliphatic heterocycles. The number of carbonyl (C=O) groups excluding carboxylic acids is 1. The van der Waals surface area contributed by atoms with Gasteiger partial charge in [0.05, 0.1) is 20.0 Å². The molecule has 0 bridgehead atoms. The summed E-state index contributed by atoms with van der Waals surface area (Å²) in [6, 6.07) is 8.51. The van der Waals surface area contributed by atoms with E-state index in [-0.39, 0.29) is 17.3 Å². The summed E-state index contributed by atoms with van der Waals surface area (Å²) in [6.07, 6.45) is 0. The Hall–Kier alpha value is -2.28. The van der Waals surface area contributed by atoms with Crippen molar-refractivity contribution in [2.75, 3.05) is 25.3 Å². The molecule has 1 amide bonds. The molecule has 0 saturated carbocycles. The second-order valence-corrected chi connectivity index (χ2v) is 5.53. The molecule has 0 spiro atoms. The van der Waals surface area contributed by atoms with Crippen LogP contribution in [0.3, 0.4) is 0 Å². The van der Waals surface area contributed by atoms with E-state index >= 15 is 0 Å². The van der Waals surface area contributed by atoms with Crippen LogP contribution in [0.1, 0.15) is 0 Å². The summed E-state index contributed by atoms with van der Waals surface area (Å²) in [4.78, 5) is 12.7. The zero-order valence-corrected chi connectivity index (χ0v) is 13.4. The van der Waals surface area contributed by atoms with Crippen LogP contribution >= 0.6 is 11.8 Å². The van der Waals surface area contributed by atoms with Crippen molar-refractivity contribution in [1.29, 1.82) is 0 Å². The normalized spacial score (nSPS) is 10.3. The van der Waals surface area contributed by atoms with Gasteiger partial charge in [0.2, 0.25) is 5.91 Å². The van der Waals surface area contributed by atoms with E-state index in [2.05, 4.69) is 5.32 Å². The van der Waals surface area contributed by atoms with Crippen LogP contribution in [0.5, 0.6) is 11.5 Å². The first-order chi connectivity index (χ1) is 11.0. The number of rotatable bonds is 6. The minimum absolute atomic E-state index is 0.120. The Labute approximate surface area is 136 Å². The molecule has 0 fully saturated rings. The molecule has 0 radical (unpaired) electrons. The number of hydrogen-bond donors (Lipinski definition) is 1. The van der Waals surface area contributed by atoms with Gasteiger partial charge >= 0.3 is 0 Å². The van der Waals surface area contributed by atoms with Crippen LogP contribution in [0.15, 0.2) is 41.3 Å². The predicted octanol–water partition coefficient (Wildman–Crippen LogP) is 3.71. The van der Waals surface area contributed by atoms with Crippen molar-refractivity contribution in [2.24, 2.45) is 0 Å². The number of ether oxygens (including phenoxy) is 2. The van der Waals surface area contributed by atoms with Crippen LogP contribution in [0, 0.1) is 11.6 Å². The Morgan fingerprint density at radius 2 is 1.78 bits per heavy atom. The molecule has 23 heavy (non-hydrogen) atoms. The molecule has 1 N–H and O–H groups in total. The standard InChI is InChI=1S/C16H15F2NO3S/c1-21-14-6-4-11(8-15(14)22-2)23-9-16(20)19-10-3-5-12(17)13(18)7-10/h3-8H,9H2,1-2H3,(H,19,20). The summed E-state index contributed by atoms with van der Waals surface area (Å²) in [7, 11) is 3.07. The average molecular weight is 339 g/mol. The van der Waals surface area contributed by atoms with E-state index in [1.165, 1.54) is 24.9 Å². The fourth-order valence-corrected chi connectivity index (χ4v) is 2.55. The number of anilines is 1. The summed E-state index contributed by atoms with van der Waals surface area (Å²) in [6.45, 7) is 0. The number of nitrogens with one attached hydrogen (secondary N) is 1. The van der Waals surface area contributed by atoms with Crippen molar-refractivity contribution in [3.05, 3.63) is 48.0 Å². The van der Waals surface area contributed by atoms with Gasteiger partial charge in [-0.2, -0.15) is 0 Å². The number of carbonyl (C=O) groups is 1. The second-order valence-electron chi connectivity index (χ2n) is 4.48. The van der Waals surface area contributed by atoms with Crippen LogP contribution in [0.25, 0.3) is 0 Å². The van der Waals surface area contributed by atoms with Crippen molar-refractivity contribution in [3.8, 4) is 11.5 Å². The van der Waals surface area contributed by atoms with Gasteiger partial charge in [0.15, 0.2) is 23.1 Å². The van der Waals surface area contributed by atoms with Crippen LogP contribution in [-0.4, -0.2) is 25.9 Å². The molecule has 0 aromatic heterocycles. The summed E-state index contributed by atoms with van der Waals surface area (Å²) in [5, 5.41) is 2.51. The first-order valence-corrected chi connectivity index (χ1v) is 7.61. The highest BCUT2D eigenvalue weighted by atomic mass is 32.2. The van der Waals surface area contributed by atoms with Gasteiger partial charge in [0.25, 0.3) is 0 Å². The molecule has 0 atom stereocenters. The summed E-state index contributed by atoms with van der Waals surface area (Å²) >= 11 is 1.29. The van der Waals surface area contributed by atoms with Crippen LogP contribution in [0.2, 0.25) is 0 Å². The smallest absolute Gasteiger partial charge is 0.234 e. The molecule has 0 aliphatic carbocycles. The van der Waals surface area contributed by atoms with Gasteiger partial charge in [0, 0.05) is 16.6 Å². The molecule has 0 aliphatic rings. The number of benzene rings is 2. The first kappa shape index (κ1) is 17.1. The molecule has 0 saturated heterocycles. The van der Waals surface area contributed by atoms with Gasteiger partial charge in [-0.15, -0.1) is 11.8 Å². The lowest BCUT2D eigenvalue weighted by Crippen LogP contribution is -2.14. The van der Waals surface area contributed by atoms with Crippen molar-refractivity contribution in [2.45, 2.75) is 4.90 Å². The largest absolute Gasteiger partial charge is 0.493 e. The zero-order valence-electron chi connectivity index (χ0n) is 12.6. The molecule has 2 rings (SSSR count). The van der Waals surface area contributed by atoms with Gasteiger partial charge in [-0.05, 0) is 30.3 Å². The lowest BCUT2D eigenvalue weighted by atomic mass is 10.3. The van der Waals surface area contributed by atoms with Gasteiger partial charge in [-0.3, -0.25) is 4.79 Å². The van der Waals surface area contributed by atoms with Crippen molar-refractivity contribution >= 4 is 23.4 Å². The van der Waals surface area contributed by atoms with E-state index in [4.69, 9.17) is 9.47 Å². The number of thioether (sulfide) groups is 1. The third-order valence-corrected chi connectivity index (χ3v) is 3.92. The Balaban J connectivity index is 1.95. The maximum atomic E-state index is 13.1. The lowest BCUT2D eigenvalue weighted by molar-refractivity contribution is -0.113.